The van der Waals surface area contributed by atoms with Gasteiger partial charge in [-0.3, -0.25) is 0 Å². The normalized spacial score (nSPS) is 16.2. The molecular weight excluding hydrogens is 260 g/mol. The lowest BCUT2D eigenvalue weighted by molar-refractivity contribution is 0.436. The molecule has 2 nitrogen and oxygen atoms in total. The first-order valence-corrected chi connectivity index (χ1v) is 6.08. The molecule has 0 aromatic heterocycles. The van der Waals surface area contributed by atoms with Crippen LogP contribution in [0.3, 0.4) is 0 Å². The summed E-state index contributed by atoms with van der Waals surface area (Å²) in [4.78, 5) is 0. The maximum atomic E-state index is 13.6. The molecule has 1 aromatic rings. The Morgan fingerprint density at radius 1 is 0.895 bits per heavy atom. The third-order valence-electron chi connectivity index (χ3n) is 3.33. The van der Waals surface area contributed by atoms with Crippen LogP contribution in [0.15, 0.2) is 0 Å². The van der Waals surface area contributed by atoms with Crippen LogP contribution in [-0.4, -0.2) is 6.04 Å². The number of nitrogens with zero attached hydrogens (tertiary/aromatic N) is 1. The Morgan fingerprint density at radius 2 is 1.42 bits per heavy atom. The van der Waals surface area contributed by atoms with Gasteiger partial charge in [0, 0.05) is 6.04 Å². The number of nitrogens with one attached hydrogen (secondary N) is 1. The van der Waals surface area contributed by atoms with Crippen molar-refractivity contribution < 1.29 is 17.6 Å². The summed E-state index contributed by atoms with van der Waals surface area (Å²) in [5.41, 5.74) is -2.05. The molecule has 6 heteroatoms. The van der Waals surface area contributed by atoms with Crippen molar-refractivity contribution in [1.29, 1.82) is 5.26 Å². The standard InChI is InChI=1S/C13H12F4N2/c14-9-8(6-18)10(15)12(17)13(11(9)16)19-7-4-2-1-3-5-7/h7,19H,1-5H2. The van der Waals surface area contributed by atoms with Crippen molar-refractivity contribution in [2.75, 3.05) is 5.32 Å². The molecule has 0 aliphatic heterocycles. The number of rotatable bonds is 2. The van der Waals surface area contributed by atoms with Crippen molar-refractivity contribution in [1.82, 2.24) is 0 Å². The van der Waals surface area contributed by atoms with Gasteiger partial charge in [-0.25, -0.2) is 17.6 Å². The van der Waals surface area contributed by atoms with Gasteiger partial charge in [0.05, 0.1) is 0 Å². The predicted molar refractivity (Wildman–Crippen MR) is 61.5 cm³/mol. The Labute approximate surface area is 108 Å². The van der Waals surface area contributed by atoms with E-state index in [0.717, 1.165) is 25.3 Å². The Morgan fingerprint density at radius 3 is 1.89 bits per heavy atom. The molecule has 0 bridgehead atoms. The lowest BCUT2D eigenvalue weighted by Gasteiger charge is -2.24. The van der Waals surface area contributed by atoms with Gasteiger partial charge in [0.25, 0.3) is 0 Å². The van der Waals surface area contributed by atoms with Crippen molar-refractivity contribution in [2.45, 2.75) is 38.1 Å². The van der Waals surface area contributed by atoms with E-state index < -0.39 is 34.5 Å². The topological polar surface area (TPSA) is 35.8 Å². The summed E-state index contributed by atoms with van der Waals surface area (Å²) in [6, 6.07) is 0.914. The minimum atomic E-state index is -1.65. The summed E-state index contributed by atoms with van der Waals surface area (Å²) in [6.45, 7) is 0. The number of anilines is 1. The Hall–Kier alpha value is -1.77. The molecule has 1 fully saturated rings. The fourth-order valence-electron chi connectivity index (χ4n) is 2.31. The molecule has 0 radical (unpaired) electrons. The Kier molecular flexibility index (Phi) is 3.93. The van der Waals surface area contributed by atoms with E-state index in [4.69, 9.17) is 5.26 Å². The second kappa shape index (κ2) is 5.47. The molecule has 1 aliphatic carbocycles. The maximum Gasteiger partial charge on any atom is 0.186 e. The highest BCUT2D eigenvalue weighted by Crippen LogP contribution is 2.30. The molecule has 0 unspecified atom stereocenters. The molecule has 0 amide bonds. The summed E-state index contributed by atoms with van der Waals surface area (Å²) in [5, 5.41) is 11.0. The van der Waals surface area contributed by atoms with Gasteiger partial charge in [-0.05, 0) is 12.8 Å². The van der Waals surface area contributed by atoms with E-state index in [0.29, 0.717) is 12.8 Å². The van der Waals surface area contributed by atoms with Gasteiger partial charge in [-0.2, -0.15) is 5.26 Å². The van der Waals surface area contributed by atoms with Crippen LogP contribution in [0.1, 0.15) is 37.7 Å². The summed E-state index contributed by atoms with van der Waals surface area (Å²) < 4.78 is 54.1. The summed E-state index contributed by atoms with van der Waals surface area (Å²) >= 11 is 0. The van der Waals surface area contributed by atoms with Gasteiger partial charge >= 0.3 is 0 Å². The first-order valence-electron chi connectivity index (χ1n) is 6.08. The average molecular weight is 272 g/mol. The van der Waals surface area contributed by atoms with Crippen molar-refractivity contribution in [3.63, 3.8) is 0 Å². The van der Waals surface area contributed by atoms with Gasteiger partial charge < -0.3 is 5.32 Å². The largest absolute Gasteiger partial charge is 0.377 e. The highest BCUT2D eigenvalue weighted by Gasteiger charge is 2.27. The van der Waals surface area contributed by atoms with Crippen molar-refractivity contribution in [2.24, 2.45) is 0 Å². The maximum absolute atomic E-state index is 13.6. The van der Waals surface area contributed by atoms with Crippen LogP contribution >= 0.6 is 0 Å². The molecule has 19 heavy (non-hydrogen) atoms. The van der Waals surface area contributed by atoms with Crippen LogP contribution < -0.4 is 5.32 Å². The predicted octanol–water partition coefficient (Wildman–Crippen LogP) is 3.86. The van der Waals surface area contributed by atoms with Crippen LogP contribution in [0, 0.1) is 34.6 Å². The van der Waals surface area contributed by atoms with Crippen molar-refractivity contribution >= 4 is 5.69 Å². The number of hydrogen-bond acceptors (Lipinski definition) is 2. The minimum absolute atomic E-state index is 0.204. The highest BCUT2D eigenvalue weighted by molar-refractivity contribution is 5.52. The molecule has 0 heterocycles. The first-order chi connectivity index (χ1) is 9.06. The summed E-state index contributed by atoms with van der Waals surface area (Å²) in [6.07, 6.45) is 4.24. The molecule has 1 aliphatic rings. The van der Waals surface area contributed by atoms with Gasteiger partial charge in [-0.15, -0.1) is 0 Å². The van der Waals surface area contributed by atoms with Crippen LogP contribution in [0.5, 0.6) is 0 Å². The van der Waals surface area contributed by atoms with Crippen molar-refractivity contribution in [3.8, 4) is 6.07 Å². The zero-order chi connectivity index (χ0) is 14.0. The van der Waals surface area contributed by atoms with E-state index in [1.54, 1.807) is 0 Å². The third-order valence-corrected chi connectivity index (χ3v) is 3.33. The number of benzene rings is 1. The Balaban J connectivity index is 2.38. The molecule has 0 saturated heterocycles. The molecule has 1 saturated carbocycles. The van der Waals surface area contributed by atoms with Crippen molar-refractivity contribution in [3.05, 3.63) is 28.8 Å². The Bertz CT molecular complexity index is 501. The van der Waals surface area contributed by atoms with Crippen LogP contribution in [0.4, 0.5) is 23.2 Å². The SMILES string of the molecule is N#Cc1c(F)c(F)c(NC2CCCCC2)c(F)c1F. The van der Waals surface area contributed by atoms with Gasteiger partial charge in [0.15, 0.2) is 23.3 Å². The molecule has 1 aromatic carbocycles. The number of nitriles is 1. The molecule has 102 valence electrons. The molecule has 0 atom stereocenters. The highest BCUT2D eigenvalue weighted by atomic mass is 19.2. The van der Waals surface area contributed by atoms with E-state index >= 15 is 0 Å². The monoisotopic (exact) mass is 272 g/mol. The minimum Gasteiger partial charge on any atom is -0.377 e. The molecule has 1 N–H and O–H groups in total. The van der Waals surface area contributed by atoms with E-state index in [2.05, 4.69) is 5.32 Å². The molecule has 0 spiro atoms. The van der Waals surface area contributed by atoms with E-state index in [-0.39, 0.29) is 6.04 Å². The van der Waals surface area contributed by atoms with Gasteiger partial charge in [0.2, 0.25) is 0 Å². The van der Waals surface area contributed by atoms with Gasteiger partial charge in [0.1, 0.15) is 17.3 Å². The van der Waals surface area contributed by atoms with Crippen LogP contribution in [0.2, 0.25) is 0 Å². The second-order valence-corrected chi connectivity index (χ2v) is 4.60. The zero-order valence-corrected chi connectivity index (χ0v) is 10.1. The van der Waals surface area contributed by atoms with Crippen LogP contribution in [-0.2, 0) is 0 Å². The summed E-state index contributed by atoms with van der Waals surface area (Å²) in [7, 11) is 0. The van der Waals surface area contributed by atoms with Crippen LogP contribution in [0.25, 0.3) is 0 Å². The fraction of sp³-hybridized carbons (Fsp3) is 0.462. The van der Waals surface area contributed by atoms with E-state index in [9.17, 15) is 17.6 Å². The lowest BCUT2D eigenvalue weighted by Crippen LogP contribution is -2.24. The zero-order valence-electron chi connectivity index (χ0n) is 10.1. The quantitative estimate of drug-likeness (QED) is 0.655. The molecule has 2 rings (SSSR count). The number of halogens is 4. The third kappa shape index (κ3) is 2.50. The average Bonchev–Trinajstić information content (AvgIpc) is 2.43. The number of hydrogen-bond donors (Lipinski definition) is 1. The fourth-order valence-corrected chi connectivity index (χ4v) is 2.31. The smallest absolute Gasteiger partial charge is 0.186 e. The first kappa shape index (κ1) is 13.7. The lowest BCUT2D eigenvalue weighted by atomic mass is 9.95. The molecular formula is C13H12F4N2. The van der Waals surface area contributed by atoms with E-state index in [1.807, 2.05) is 0 Å². The summed E-state index contributed by atoms with van der Waals surface area (Å²) in [5.74, 6) is -6.39. The van der Waals surface area contributed by atoms with Gasteiger partial charge in [-0.1, -0.05) is 19.3 Å². The van der Waals surface area contributed by atoms with E-state index in [1.165, 1.54) is 0 Å². The second-order valence-electron chi connectivity index (χ2n) is 4.60.